The number of para-hydroxylation sites is 2. The first-order chi connectivity index (χ1) is 39.3. The summed E-state index contributed by atoms with van der Waals surface area (Å²) in [6.07, 6.45) is 8.59. The van der Waals surface area contributed by atoms with Crippen LogP contribution in [0.1, 0.15) is 129 Å². The summed E-state index contributed by atoms with van der Waals surface area (Å²) in [5, 5.41) is 64.7. The van der Waals surface area contributed by atoms with Crippen LogP contribution in [0.5, 0.6) is 0 Å². The summed E-state index contributed by atoms with van der Waals surface area (Å²) in [5.41, 5.74) is 2.55. The molecule has 15 nitrogen and oxygen atoms in total. The van der Waals surface area contributed by atoms with E-state index in [1.54, 1.807) is 6.08 Å². The number of rotatable bonds is 9. The van der Waals surface area contributed by atoms with Crippen molar-refractivity contribution in [2.45, 2.75) is 207 Å². The molecule has 82 heavy (non-hydrogen) atoms. The molecule has 19 rings (SSSR count). The van der Waals surface area contributed by atoms with Crippen molar-refractivity contribution < 1.29 is 63.1 Å². The molecule has 2 aromatic carbocycles. The van der Waals surface area contributed by atoms with Crippen LogP contribution in [0.15, 0.2) is 60.2 Å². The maximum Gasteiger partial charge on any atom is 0.362 e. The highest BCUT2D eigenvalue weighted by molar-refractivity contribution is 5.85. The number of hydrogen-bond acceptors (Lipinski definition) is 13. The van der Waals surface area contributed by atoms with Gasteiger partial charge in [0.15, 0.2) is 25.5 Å². The van der Waals surface area contributed by atoms with E-state index in [4.69, 9.17) is 14.2 Å². The molecule has 29 unspecified atom stereocenters. The molecule has 8 saturated heterocycles. The lowest BCUT2D eigenvalue weighted by molar-refractivity contribution is -1.03. The summed E-state index contributed by atoms with van der Waals surface area (Å²) in [7, 11) is 4.28. The van der Waals surface area contributed by atoms with Gasteiger partial charge < -0.3 is 49.5 Å². The highest BCUT2D eigenvalue weighted by Gasteiger charge is 2.86. The van der Waals surface area contributed by atoms with Gasteiger partial charge >= 0.3 is 17.9 Å². The molecule has 0 amide bonds. The van der Waals surface area contributed by atoms with Crippen molar-refractivity contribution in [2.75, 3.05) is 43.6 Å². The third-order valence-electron chi connectivity index (χ3n) is 29.5. The summed E-state index contributed by atoms with van der Waals surface area (Å²) in [4.78, 5) is 47.9. The summed E-state index contributed by atoms with van der Waals surface area (Å²) < 4.78 is 19.8. The van der Waals surface area contributed by atoms with Crippen LogP contribution in [0, 0.1) is 70.0 Å². The largest absolute Gasteiger partial charge is 0.458 e. The molecule has 6 aliphatic carbocycles. The van der Waals surface area contributed by atoms with E-state index in [2.05, 4.69) is 100 Å². The van der Waals surface area contributed by atoms with Crippen molar-refractivity contribution >= 4 is 29.3 Å². The second kappa shape index (κ2) is 16.7. The first-order valence-electron chi connectivity index (χ1n) is 32.4. The maximum atomic E-state index is 15.4. The standard InChI is InChI=1S/C67H88N4O11/c1-7-36-38-25-46-57-65(42-13-9-11-15-44(42)68(57)5)27-48(54(38)59(65)75)70(46,61(36)77)30-52(73)81-35-19-21-63(3)34(24-35)17-18-41-40(63)20-22-64(4)56(33-23-51(72)80-32-33)50(29-67(41,64)79)82-53(74)31-71-47-26-39(37(8-2)62(71)78)55-49(71)28-66(60(55)76)43-14-10-12-16-45(43)69(6)58(47)66/h9-16,23,34-41,46-50,54-62,75-79H,7-8,17-22,24-32H2,1-6H3/q+2. The number of esters is 3. The molecule has 2 spiro atoms. The van der Waals surface area contributed by atoms with Crippen LogP contribution in [0.4, 0.5) is 11.4 Å². The van der Waals surface area contributed by atoms with Crippen molar-refractivity contribution in [3.05, 3.63) is 71.3 Å². The van der Waals surface area contributed by atoms with E-state index < -0.39 is 64.5 Å². The molecule has 6 saturated carbocycles. The van der Waals surface area contributed by atoms with E-state index >= 15 is 4.79 Å². The summed E-state index contributed by atoms with van der Waals surface area (Å²) in [6.45, 7) is 9.09. The maximum absolute atomic E-state index is 15.4. The lowest BCUT2D eigenvalue weighted by atomic mass is 9.43. The molecule has 2 aromatic rings. The van der Waals surface area contributed by atoms with E-state index in [1.165, 1.54) is 11.1 Å². The van der Waals surface area contributed by atoms with Gasteiger partial charge in [0.2, 0.25) is 0 Å². The van der Waals surface area contributed by atoms with Gasteiger partial charge in [0.05, 0.1) is 52.8 Å². The van der Waals surface area contributed by atoms with Crippen LogP contribution in [0.2, 0.25) is 0 Å². The molecule has 11 aliphatic heterocycles. The molecule has 15 heteroatoms. The van der Waals surface area contributed by atoms with Gasteiger partial charge in [-0.05, 0) is 122 Å². The van der Waals surface area contributed by atoms with Gasteiger partial charge in [-0.3, -0.25) is 8.97 Å². The molecule has 440 valence electrons. The summed E-state index contributed by atoms with van der Waals surface area (Å²) in [5.74, 6) is -0.776. The molecule has 14 fully saturated rings. The predicted octanol–water partition coefficient (Wildman–Crippen LogP) is 5.84. The molecular formula is C67H88N4O11+2. The van der Waals surface area contributed by atoms with Crippen LogP contribution in [0.3, 0.4) is 0 Å². The Morgan fingerprint density at radius 2 is 1.23 bits per heavy atom. The first-order valence-corrected chi connectivity index (χ1v) is 32.4. The van der Waals surface area contributed by atoms with Gasteiger partial charge in [0.1, 0.15) is 30.9 Å². The smallest absolute Gasteiger partial charge is 0.362 e. The number of carbonyl (C=O) groups is 3. The van der Waals surface area contributed by atoms with E-state index in [9.17, 15) is 35.1 Å². The van der Waals surface area contributed by atoms with Crippen molar-refractivity contribution in [1.29, 1.82) is 0 Å². The normalized spacial score (nSPS) is 54.7. The quantitative estimate of drug-likeness (QED) is 0.115. The Labute approximate surface area is 482 Å². The Hall–Kier alpha value is -4.09. The van der Waals surface area contributed by atoms with E-state index in [1.807, 2.05) is 0 Å². The number of carbonyl (C=O) groups excluding carboxylic acids is 3. The zero-order chi connectivity index (χ0) is 56.5. The average Bonchev–Trinajstić information content (AvgIpc) is 1.48. The van der Waals surface area contributed by atoms with Crippen molar-refractivity contribution in [2.24, 2.45) is 70.0 Å². The molecule has 11 heterocycles. The average molecular weight is 1130 g/mol. The van der Waals surface area contributed by atoms with E-state index in [0.29, 0.717) is 17.3 Å². The second-order valence-electron chi connectivity index (χ2n) is 30.8. The van der Waals surface area contributed by atoms with E-state index in [0.717, 1.165) is 87.6 Å². The number of cyclic esters (lactones) is 1. The minimum Gasteiger partial charge on any atom is -0.458 e. The van der Waals surface area contributed by atoms with Crippen LogP contribution < -0.4 is 9.80 Å². The Morgan fingerprint density at radius 1 is 0.683 bits per heavy atom. The number of quaternary nitrogens is 2. The minimum atomic E-state index is -1.21. The molecule has 29 atom stereocenters. The van der Waals surface area contributed by atoms with Crippen LogP contribution in [-0.4, -0.2) is 165 Å². The summed E-state index contributed by atoms with van der Waals surface area (Å²) in [6, 6.07) is 16.7. The number of piperidine rings is 8. The Morgan fingerprint density at radius 3 is 1.77 bits per heavy atom. The van der Waals surface area contributed by atoms with Gasteiger partial charge in [-0.25, -0.2) is 14.4 Å². The Kier molecular flexibility index (Phi) is 10.6. The second-order valence-corrected chi connectivity index (χ2v) is 30.8. The number of aliphatic hydroxyl groups is 5. The van der Waals surface area contributed by atoms with Gasteiger partial charge in [0.25, 0.3) is 0 Å². The Balaban J connectivity index is 0.626. The van der Waals surface area contributed by atoms with Crippen LogP contribution in [0.25, 0.3) is 0 Å². The topological polar surface area (TPSA) is 187 Å². The predicted molar refractivity (Wildman–Crippen MR) is 301 cm³/mol. The molecule has 17 aliphatic rings. The zero-order valence-corrected chi connectivity index (χ0v) is 48.9. The molecule has 0 radical (unpaired) electrons. The number of ether oxygens (including phenoxy) is 3. The van der Waals surface area contributed by atoms with Crippen LogP contribution >= 0.6 is 0 Å². The zero-order valence-electron chi connectivity index (χ0n) is 48.9. The van der Waals surface area contributed by atoms with Gasteiger partial charge in [0, 0.05) is 98.7 Å². The monoisotopic (exact) mass is 1120 g/mol. The SMILES string of the molecule is CCC1C2CC3C4N(C)c5ccccc5C45CC(C2C5O)[N+]3(CC(=O)OC2CCC3(C)C(CCC4C3CCC3(C)C(C5=CC(=O)OC5)C(OC(=O)C[N+]56C(O)C(CC)C7CC5C5N(C)c8ccccc8C58CC6C7C8O)CC43O)C2)C1O. The third kappa shape index (κ3) is 5.68. The lowest BCUT2D eigenvalue weighted by Gasteiger charge is -2.67. The highest BCUT2D eigenvalue weighted by Crippen LogP contribution is 2.75. The van der Waals surface area contributed by atoms with Crippen molar-refractivity contribution in [1.82, 2.24) is 0 Å². The number of anilines is 2. The summed E-state index contributed by atoms with van der Waals surface area (Å²) >= 11 is 0. The molecule has 10 bridgehead atoms. The van der Waals surface area contributed by atoms with E-state index in [-0.39, 0.29) is 144 Å². The molecular weight excluding hydrogens is 1040 g/mol. The fourth-order valence-corrected chi connectivity index (χ4v) is 26.9. The number of nitrogens with zero attached hydrogens (tertiary/aromatic N) is 4. The minimum absolute atomic E-state index is 0.00269. The fraction of sp³-hybridized carbons (Fsp3) is 0.746. The van der Waals surface area contributed by atoms with Gasteiger partial charge in [-0.2, -0.15) is 0 Å². The highest BCUT2D eigenvalue weighted by atomic mass is 16.6. The molecule has 0 aromatic heterocycles. The number of benzene rings is 2. The van der Waals surface area contributed by atoms with Gasteiger partial charge in [-0.15, -0.1) is 0 Å². The fourth-order valence-electron chi connectivity index (χ4n) is 26.9. The number of hydrogen-bond donors (Lipinski definition) is 5. The number of likely N-dealkylation sites (N-methyl/N-ethyl adjacent to an activating group) is 2. The third-order valence-corrected chi connectivity index (χ3v) is 29.5. The number of aliphatic hydroxyl groups excluding tert-OH is 4. The van der Waals surface area contributed by atoms with Crippen molar-refractivity contribution in [3.8, 4) is 0 Å². The van der Waals surface area contributed by atoms with Gasteiger partial charge in [-0.1, -0.05) is 64.1 Å². The first kappa shape index (κ1) is 52.3. The van der Waals surface area contributed by atoms with Crippen LogP contribution in [-0.2, 0) is 39.4 Å². The number of fused-ring (bicyclic) bond motifs is 9. The van der Waals surface area contributed by atoms with Crippen molar-refractivity contribution in [3.63, 3.8) is 0 Å². The lowest BCUT2D eigenvalue weighted by Crippen LogP contribution is -2.83. The molecule has 5 N–H and O–H groups in total. The Bertz CT molecular complexity index is 3140.